The standard InChI is InChI=1S/C16H21NO2Se/c1-11(12-8-6-5-7-9-12)14(18)17-13(16(2,3)4)10-19-15(17)20/h5-9,11,13H,10H2,1-4H3/t11?,13-/m1/s1. The fourth-order valence-electron chi connectivity index (χ4n) is 2.40. The molecule has 1 heterocycles. The van der Waals surface area contributed by atoms with Gasteiger partial charge in [-0.15, -0.1) is 0 Å². The third kappa shape index (κ3) is 2.97. The monoisotopic (exact) mass is 339 g/mol. The zero-order valence-corrected chi connectivity index (χ0v) is 14.1. The van der Waals surface area contributed by atoms with Crippen LogP contribution >= 0.6 is 0 Å². The number of nitrogens with zero attached hydrogens (tertiary/aromatic N) is 1. The van der Waals surface area contributed by atoms with Crippen molar-refractivity contribution in [2.75, 3.05) is 6.61 Å². The van der Waals surface area contributed by atoms with Gasteiger partial charge in [0.15, 0.2) is 0 Å². The molecular weight excluding hydrogens is 317 g/mol. The molecule has 1 saturated heterocycles. The first-order valence-electron chi connectivity index (χ1n) is 6.87. The van der Waals surface area contributed by atoms with Crippen molar-refractivity contribution >= 4 is 26.2 Å². The molecule has 1 aliphatic heterocycles. The van der Waals surface area contributed by atoms with Crippen molar-refractivity contribution in [2.24, 2.45) is 5.41 Å². The molecule has 2 atom stereocenters. The minimum absolute atomic E-state index is 0.0162. The van der Waals surface area contributed by atoms with Gasteiger partial charge in [-0.2, -0.15) is 0 Å². The fourth-order valence-corrected chi connectivity index (χ4v) is 2.99. The molecule has 0 bridgehead atoms. The summed E-state index contributed by atoms with van der Waals surface area (Å²) < 4.78 is 6.17. The molecule has 1 fully saturated rings. The van der Waals surface area contributed by atoms with E-state index in [2.05, 4.69) is 36.3 Å². The van der Waals surface area contributed by atoms with Gasteiger partial charge in [0.2, 0.25) is 0 Å². The van der Waals surface area contributed by atoms with Gasteiger partial charge in [-0.25, -0.2) is 0 Å². The summed E-state index contributed by atoms with van der Waals surface area (Å²) in [6, 6.07) is 9.93. The Morgan fingerprint density at radius 1 is 1.35 bits per heavy atom. The van der Waals surface area contributed by atoms with Crippen LogP contribution in [-0.2, 0) is 9.53 Å². The summed E-state index contributed by atoms with van der Waals surface area (Å²) in [4.78, 5) is 14.6. The number of carbonyl (C=O) groups is 1. The van der Waals surface area contributed by atoms with E-state index < -0.39 is 0 Å². The van der Waals surface area contributed by atoms with E-state index in [9.17, 15) is 4.79 Å². The Hall–Kier alpha value is -1.12. The zero-order valence-electron chi connectivity index (χ0n) is 12.4. The Morgan fingerprint density at radius 2 is 1.95 bits per heavy atom. The van der Waals surface area contributed by atoms with Crippen LogP contribution in [0.15, 0.2) is 30.3 Å². The number of rotatable bonds is 2. The van der Waals surface area contributed by atoms with E-state index in [1.807, 2.05) is 37.3 Å². The Morgan fingerprint density at radius 3 is 2.50 bits per heavy atom. The first-order valence-corrected chi connectivity index (χ1v) is 7.73. The van der Waals surface area contributed by atoms with Crippen LogP contribution in [0.25, 0.3) is 0 Å². The molecule has 2 rings (SSSR count). The maximum atomic E-state index is 12.8. The van der Waals surface area contributed by atoms with Crippen LogP contribution in [0.5, 0.6) is 0 Å². The molecule has 108 valence electrons. The van der Waals surface area contributed by atoms with E-state index in [4.69, 9.17) is 4.74 Å². The van der Waals surface area contributed by atoms with Crippen molar-refractivity contribution < 1.29 is 9.53 Å². The first-order chi connectivity index (χ1) is 9.32. The Balaban J connectivity index is 2.25. The third-order valence-corrected chi connectivity index (χ3v) is 4.44. The summed E-state index contributed by atoms with van der Waals surface area (Å²) >= 11 is 2.88. The van der Waals surface area contributed by atoms with E-state index in [1.165, 1.54) is 0 Å². The average Bonchev–Trinajstić information content (AvgIpc) is 2.80. The summed E-state index contributed by atoms with van der Waals surface area (Å²) in [6.45, 7) is 8.90. The molecule has 0 radical (unpaired) electrons. The molecule has 0 saturated carbocycles. The molecule has 4 heteroatoms. The quantitative estimate of drug-likeness (QED) is 0.775. The predicted octanol–water partition coefficient (Wildman–Crippen LogP) is 2.32. The minimum atomic E-state index is -0.175. The summed E-state index contributed by atoms with van der Waals surface area (Å²) in [6.07, 6.45) is 0. The molecule has 1 aliphatic rings. The van der Waals surface area contributed by atoms with E-state index >= 15 is 0 Å². The average molecular weight is 338 g/mol. The molecule has 1 unspecified atom stereocenters. The van der Waals surface area contributed by atoms with Gasteiger partial charge in [0.25, 0.3) is 0 Å². The molecule has 0 spiro atoms. The first kappa shape index (κ1) is 15.3. The Kier molecular flexibility index (Phi) is 4.36. The number of hydrogen-bond donors (Lipinski definition) is 0. The van der Waals surface area contributed by atoms with Crippen LogP contribution in [0.1, 0.15) is 39.2 Å². The van der Waals surface area contributed by atoms with Gasteiger partial charge in [-0.3, -0.25) is 0 Å². The maximum absolute atomic E-state index is 12.8. The number of hydrogen-bond acceptors (Lipinski definition) is 2. The van der Waals surface area contributed by atoms with Crippen LogP contribution < -0.4 is 0 Å². The SMILES string of the molecule is CC(C(=O)N1C(=[Se])OC[C@@H]1C(C)(C)C)c1ccccc1. The zero-order chi connectivity index (χ0) is 14.9. The molecular formula is C16H21NO2Se. The van der Waals surface area contributed by atoms with E-state index in [1.54, 1.807) is 4.90 Å². The topological polar surface area (TPSA) is 29.5 Å². The van der Waals surface area contributed by atoms with Crippen molar-refractivity contribution in [3.05, 3.63) is 35.9 Å². The van der Waals surface area contributed by atoms with Gasteiger partial charge in [-0.1, -0.05) is 0 Å². The Bertz CT molecular complexity index is 507. The Labute approximate surface area is 128 Å². The summed E-state index contributed by atoms with van der Waals surface area (Å²) in [5, 5.41) is 0. The molecule has 0 N–H and O–H groups in total. The van der Waals surface area contributed by atoms with Crippen LogP contribution in [0, 0.1) is 5.41 Å². The molecule has 1 aromatic rings. The predicted molar refractivity (Wildman–Crippen MR) is 81.7 cm³/mol. The third-order valence-electron chi connectivity index (χ3n) is 3.78. The second-order valence-electron chi connectivity index (χ2n) is 6.30. The normalized spacial score (nSPS) is 20.7. The molecule has 0 aromatic heterocycles. The van der Waals surface area contributed by atoms with Crippen LogP contribution in [0.3, 0.4) is 0 Å². The van der Waals surface area contributed by atoms with Crippen molar-refractivity contribution in [3.8, 4) is 0 Å². The molecule has 1 amide bonds. The second kappa shape index (κ2) is 5.71. The van der Waals surface area contributed by atoms with Gasteiger partial charge in [0.05, 0.1) is 0 Å². The number of benzene rings is 1. The summed E-state index contributed by atoms with van der Waals surface area (Å²) in [5.74, 6) is -0.0894. The molecule has 0 aliphatic carbocycles. The van der Waals surface area contributed by atoms with Crippen molar-refractivity contribution in [1.82, 2.24) is 4.90 Å². The summed E-state index contributed by atoms with van der Waals surface area (Å²) in [7, 11) is 0. The molecule has 1 aromatic carbocycles. The molecule has 20 heavy (non-hydrogen) atoms. The van der Waals surface area contributed by atoms with Gasteiger partial charge >= 0.3 is 128 Å². The van der Waals surface area contributed by atoms with Crippen LogP contribution in [-0.4, -0.2) is 43.8 Å². The second-order valence-corrected chi connectivity index (χ2v) is 7.03. The van der Waals surface area contributed by atoms with Crippen LogP contribution in [0.2, 0.25) is 0 Å². The number of ether oxygens (including phenoxy) is 1. The van der Waals surface area contributed by atoms with Gasteiger partial charge < -0.3 is 0 Å². The fraction of sp³-hybridized carbons (Fsp3) is 0.500. The number of carbonyl (C=O) groups excluding carboxylic acids is 1. The number of amides is 1. The van der Waals surface area contributed by atoms with Gasteiger partial charge in [-0.05, 0) is 0 Å². The van der Waals surface area contributed by atoms with E-state index in [0.717, 1.165) is 5.56 Å². The van der Waals surface area contributed by atoms with Gasteiger partial charge in [0.1, 0.15) is 0 Å². The van der Waals surface area contributed by atoms with Gasteiger partial charge in [0, 0.05) is 0 Å². The van der Waals surface area contributed by atoms with Crippen LogP contribution in [0.4, 0.5) is 0 Å². The molecule has 3 nitrogen and oxygen atoms in total. The van der Waals surface area contributed by atoms with Crippen molar-refractivity contribution in [2.45, 2.75) is 39.7 Å². The summed E-state index contributed by atoms with van der Waals surface area (Å²) in [5.41, 5.74) is 1.02. The van der Waals surface area contributed by atoms with Crippen molar-refractivity contribution in [3.63, 3.8) is 0 Å². The van der Waals surface area contributed by atoms with E-state index in [0.29, 0.717) is 11.3 Å². The van der Waals surface area contributed by atoms with E-state index in [-0.39, 0.29) is 23.3 Å². The van der Waals surface area contributed by atoms with Crippen molar-refractivity contribution in [1.29, 1.82) is 0 Å².